The van der Waals surface area contributed by atoms with Gasteiger partial charge in [0.05, 0.1) is 0 Å². The van der Waals surface area contributed by atoms with Crippen molar-refractivity contribution in [3.05, 3.63) is 35.4 Å². The lowest BCUT2D eigenvalue weighted by Gasteiger charge is -2.31. The molecule has 1 fully saturated rings. The number of hydrogen-bond acceptors (Lipinski definition) is 1. The molecule has 1 aromatic rings. The van der Waals surface area contributed by atoms with Crippen LogP contribution in [0.3, 0.4) is 0 Å². The van der Waals surface area contributed by atoms with Gasteiger partial charge in [-0.05, 0) is 42.7 Å². The summed E-state index contributed by atoms with van der Waals surface area (Å²) in [7, 11) is 0. The summed E-state index contributed by atoms with van der Waals surface area (Å²) >= 11 is 0. The van der Waals surface area contributed by atoms with Gasteiger partial charge in [0, 0.05) is 6.04 Å². The van der Waals surface area contributed by atoms with Crippen molar-refractivity contribution in [3.63, 3.8) is 0 Å². The van der Waals surface area contributed by atoms with E-state index in [1.807, 2.05) is 0 Å². The third-order valence-corrected chi connectivity index (χ3v) is 3.66. The Labute approximate surface area is 92.7 Å². The maximum Gasteiger partial charge on any atom is 0.0108 e. The Kier molecular flexibility index (Phi) is 3.42. The summed E-state index contributed by atoms with van der Waals surface area (Å²) in [4.78, 5) is 0. The molecular formula is C14H21N. The first-order valence-electron chi connectivity index (χ1n) is 6.13. The van der Waals surface area contributed by atoms with Crippen LogP contribution in [0.1, 0.15) is 37.3 Å². The average Bonchev–Trinajstić information content (AvgIpc) is 2.16. The molecule has 0 aliphatic heterocycles. The van der Waals surface area contributed by atoms with Gasteiger partial charge in [0.15, 0.2) is 0 Å². The fraction of sp³-hybridized carbons (Fsp3) is 0.571. The average molecular weight is 203 g/mol. The first-order chi connectivity index (χ1) is 7.29. The Balaban J connectivity index is 1.91. The molecule has 0 saturated heterocycles. The Morgan fingerprint density at radius 2 is 1.80 bits per heavy atom. The van der Waals surface area contributed by atoms with E-state index in [2.05, 4.69) is 31.2 Å². The zero-order chi connectivity index (χ0) is 10.7. The highest BCUT2D eigenvalue weighted by molar-refractivity contribution is 5.23. The standard InChI is InChI=1S/C14H21N/c1-2-11-6-8-12(9-7-11)10-14(15)13-4-3-5-13/h6-9,13-14H,2-5,10,15H2,1H3. The monoisotopic (exact) mass is 203 g/mol. The highest BCUT2D eigenvalue weighted by Crippen LogP contribution is 2.29. The van der Waals surface area contributed by atoms with Crippen molar-refractivity contribution >= 4 is 0 Å². The lowest BCUT2D eigenvalue weighted by molar-refractivity contribution is 0.260. The van der Waals surface area contributed by atoms with Crippen molar-refractivity contribution < 1.29 is 0 Å². The van der Waals surface area contributed by atoms with Crippen molar-refractivity contribution in [1.29, 1.82) is 0 Å². The van der Waals surface area contributed by atoms with E-state index in [0.29, 0.717) is 6.04 Å². The van der Waals surface area contributed by atoms with Crippen LogP contribution in [0, 0.1) is 5.92 Å². The molecule has 1 saturated carbocycles. The maximum atomic E-state index is 6.18. The van der Waals surface area contributed by atoms with Crippen LogP contribution >= 0.6 is 0 Å². The van der Waals surface area contributed by atoms with Gasteiger partial charge in [-0.3, -0.25) is 0 Å². The second-order valence-corrected chi connectivity index (χ2v) is 4.73. The zero-order valence-electron chi connectivity index (χ0n) is 9.58. The maximum absolute atomic E-state index is 6.18. The number of hydrogen-bond donors (Lipinski definition) is 1. The van der Waals surface area contributed by atoms with E-state index in [1.165, 1.54) is 30.4 Å². The molecule has 1 aromatic carbocycles. The number of nitrogens with two attached hydrogens (primary N) is 1. The van der Waals surface area contributed by atoms with E-state index >= 15 is 0 Å². The summed E-state index contributed by atoms with van der Waals surface area (Å²) in [5, 5.41) is 0. The molecule has 0 radical (unpaired) electrons. The summed E-state index contributed by atoms with van der Waals surface area (Å²) in [6.07, 6.45) is 6.24. The topological polar surface area (TPSA) is 26.0 Å². The van der Waals surface area contributed by atoms with E-state index in [4.69, 9.17) is 5.73 Å². The van der Waals surface area contributed by atoms with Crippen molar-refractivity contribution in [2.75, 3.05) is 0 Å². The van der Waals surface area contributed by atoms with Gasteiger partial charge in [0.25, 0.3) is 0 Å². The summed E-state index contributed by atoms with van der Waals surface area (Å²) in [5.41, 5.74) is 8.99. The van der Waals surface area contributed by atoms with Gasteiger partial charge < -0.3 is 5.73 Å². The summed E-state index contributed by atoms with van der Waals surface area (Å²) in [5.74, 6) is 0.788. The molecule has 1 heteroatoms. The molecule has 1 aliphatic rings. The van der Waals surface area contributed by atoms with Crippen LogP contribution in [0.4, 0.5) is 0 Å². The van der Waals surface area contributed by atoms with Gasteiger partial charge in [0.1, 0.15) is 0 Å². The van der Waals surface area contributed by atoms with Gasteiger partial charge in [-0.25, -0.2) is 0 Å². The molecule has 1 unspecified atom stereocenters. The Morgan fingerprint density at radius 1 is 1.20 bits per heavy atom. The third-order valence-electron chi connectivity index (χ3n) is 3.66. The van der Waals surface area contributed by atoms with Crippen LogP contribution in [0.2, 0.25) is 0 Å². The minimum Gasteiger partial charge on any atom is -0.327 e. The van der Waals surface area contributed by atoms with E-state index < -0.39 is 0 Å². The third kappa shape index (κ3) is 2.60. The van der Waals surface area contributed by atoms with Gasteiger partial charge in [0.2, 0.25) is 0 Å². The molecule has 82 valence electrons. The fourth-order valence-corrected chi connectivity index (χ4v) is 2.22. The fourth-order valence-electron chi connectivity index (χ4n) is 2.22. The van der Waals surface area contributed by atoms with E-state index in [0.717, 1.165) is 18.8 Å². The normalized spacial score (nSPS) is 18.5. The van der Waals surface area contributed by atoms with E-state index in [9.17, 15) is 0 Å². The largest absolute Gasteiger partial charge is 0.327 e. The van der Waals surface area contributed by atoms with Crippen LogP contribution in [0.5, 0.6) is 0 Å². The van der Waals surface area contributed by atoms with Crippen molar-refractivity contribution in [2.24, 2.45) is 11.7 Å². The lowest BCUT2D eigenvalue weighted by Crippen LogP contribution is -2.36. The van der Waals surface area contributed by atoms with Crippen molar-refractivity contribution in [3.8, 4) is 0 Å². The molecule has 0 heterocycles. The van der Waals surface area contributed by atoms with Crippen molar-refractivity contribution in [2.45, 2.75) is 45.1 Å². The van der Waals surface area contributed by atoms with E-state index in [1.54, 1.807) is 0 Å². The summed E-state index contributed by atoms with van der Waals surface area (Å²) < 4.78 is 0. The number of rotatable bonds is 4. The summed E-state index contributed by atoms with van der Waals surface area (Å²) in [6, 6.07) is 9.30. The highest BCUT2D eigenvalue weighted by atomic mass is 14.7. The SMILES string of the molecule is CCc1ccc(CC(N)C2CCC2)cc1. The van der Waals surface area contributed by atoms with Crippen LogP contribution in [0.25, 0.3) is 0 Å². The molecule has 0 amide bonds. The van der Waals surface area contributed by atoms with Gasteiger partial charge in [-0.1, -0.05) is 37.6 Å². The molecule has 0 aromatic heterocycles. The Bertz CT molecular complexity index is 298. The Hall–Kier alpha value is -0.820. The highest BCUT2D eigenvalue weighted by Gasteiger charge is 2.24. The van der Waals surface area contributed by atoms with Crippen LogP contribution < -0.4 is 5.73 Å². The predicted octanol–water partition coefficient (Wildman–Crippen LogP) is 2.92. The van der Waals surface area contributed by atoms with Gasteiger partial charge in [-0.2, -0.15) is 0 Å². The minimum atomic E-state index is 0.381. The second-order valence-electron chi connectivity index (χ2n) is 4.73. The van der Waals surface area contributed by atoms with E-state index in [-0.39, 0.29) is 0 Å². The zero-order valence-corrected chi connectivity index (χ0v) is 9.58. The molecule has 2 rings (SSSR count). The van der Waals surface area contributed by atoms with Crippen LogP contribution in [-0.4, -0.2) is 6.04 Å². The second kappa shape index (κ2) is 4.80. The minimum absolute atomic E-state index is 0.381. The number of benzene rings is 1. The number of aryl methyl sites for hydroxylation is 1. The molecule has 2 N–H and O–H groups in total. The molecule has 0 bridgehead atoms. The molecule has 15 heavy (non-hydrogen) atoms. The smallest absolute Gasteiger partial charge is 0.0108 e. The lowest BCUT2D eigenvalue weighted by atomic mass is 9.78. The molecule has 0 spiro atoms. The molecule has 1 atom stereocenters. The van der Waals surface area contributed by atoms with Gasteiger partial charge >= 0.3 is 0 Å². The first kappa shape index (κ1) is 10.7. The Morgan fingerprint density at radius 3 is 2.27 bits per heavy atom. The summed E-state index contributed by atoms with van der Waals surface area (Å²) in [6.45, 7) is 2.19. The first-order valence-corrected chi connectivity index (χ1v) is 6.13. The van der Waals surface area contributed by atoms with Gasteiger partial charge in [-0.15, -0.1) is 0 Å². The molecule has 1 nitrogen and oxygen atoms in total. The molecular weight excluding hydrogens is 182 g/mol. The van der Waals surface area contributed by atoms with Crippen LogP contribution in [0.15, 0.2) is 24.3 Å². The predicted molar refractivity (Wildman–Crippen MR) is 64.8 cm³/mol. The van der Waals surface area contributed by atoms with Crippen molar-refractivity contribution in [1.82, 2.24) is 0 Å². The van der Waals surface area contributed by atoms with Crippen LogP contribution in [-0.2, 0) is 12.8 Å². The quantitative estimate of drug-likeness (QED) is 0.800. The molecule has 1 aliphatic carbocycles.